The highest BCUT2D eigenvalue weighted by atomic mass is 16.5. The number of para-hydroxylation sites is 1. The lowest BCUT2D eigenvalue weighted by Crippen LogP contribution is -2.17. The molecule has 4 rings (SSSR count). The van der Waals surface area contributed by atoms with Crippen LogP contribution in [0.1, 0.15) is 20.8 Å². The quantitative estimate of drug-likeness (QED) is 0.260. The second-order valence-electron chi connectivity index (χ2n) is 7.44. The predicted octanol–water partition coefficient (Wildman–Crippen LogP) is 4.60. The van der Waals surface area contributed by atoms with Crippen molar-refractivity contribution in [3.8, 4) is 34.2 Å². The van der Waals surface area contributed by atoms with E-state index < -0.39 is 18.4 Å². The van der Waals surface area contributed by atoms with Gasteiger partial charge in [-0.2, -0.15) is 5.10 Å². The van der Waals surface area contributed by atoms with Crippen LogP contribution >= 0.6 is 0 Å². The van der Waals surface area contributed by atoms with Gasteiger partial charge >= 0.3 is 5.97 Å². The minimum absolute atomic E-state index is 0.202. The van der Waals surface area contributed by atoms with Crippen LogP contribution in [0.15, 0.2) is 78.9 Å². The predicted molar refractivity (Wildman–Crippen MR) is 130 cm³/mol. The molecule has 0 amide bonds. The number of hydrogen-bond donors (Lipinski definition) is 0. The van der Waals surface area contributed by atoms with Crippen LogP contribution in [0.2, 0.25) is 0 Å². The molecule has 1 heterocycles. The van der Waals surface area contributed by atoms with Crippen LogP contribution < -0.4 is 14.2 Å². The highest BCUT2D eigenvalue weighted by Gasteiger charge is 2.22. The number of aromatic nitrogens is 2. The first-order valence-corrected chi connectivity index (χ1v) is 10.8. The Hall–Kier alpha value is -4.59. The summed E-state index contributed by atoms with van der Waals surface area (Å²) in [6, 6.07) is 23.4. The zero-order valence-corrected chi connectivity index (χ0v) is 19.6. The Labute approximate surface area is 202 Å². The first-order chi connectivity index (χ1) is 17.0. The lowest BCUT2D eigenvalue weighted by molar-refractivity contribution is 0.0465. The third kappa shape index (κ3) is 5.01. The van der Waals surface area contributed by atoms with Crippen molar-refractivity contribution in [2.24, 2.45) is 0 Å². The van der Waals surface area contributed by atoms with E-state index in [2.05, 4.69) is 5.10 Å². The van der Waals surface area contributed by atoms with Gasteiger partial charge in [0.15, 0.2) is 23.8 Å². The molecular weight excluding hydrogens is 448 g/mol. The molecule has 0 aliphatic rings. The summed E-state index contributed by atoms with van der Waals surface area (Å²) < 4.78 is 22.8. The van der Waals surface area contributed by atoms with Crippen molar-refractivity contribution < 1.29 is 28.5 Å². The van der Waals surface area contributed by atoms with Crippen molar-refractivity contribution in [2.75, 3.05) is 27.9 Å². The first kappa shape index (κ1) is 23.6. The Bertz CT molecular complexity index is 1310. The van der Waals surface area contributed by atoms with Crippen LogP contribution in [0.5, 0.6) is 17.2 Å². The molecule has 178 valence electrons. The number of hydrogen-bond acceptors (Lipinski definition) is 7. The molecule has 0 saturated heterocycles. The Morgan fingerprint density at radius 3 is 1.97 bits per heavy atom. The second-order valence-corrected chi connectivity index (χ2v) is 7.44. The molecule has 0 aliphatic carbocycles. The van der Waals surface area contributed by atoms with Crippen LogP contribution in [0, 0.1) is 0 Å². The molecule has 0 N–H and O–H groups in total. The maximum Gasteiger partial charge on any atom is 0.357 e. The van der Waals surface area contributed by atoms with Crippen LogP contribution in [-0.2, 0) is 4.74 Å². The van der Waals surface area contributed by atoms with Gasteiger partial charge in [-0.25, -0.2) is 9.48 Å². The molecule has 0 unspecified atom stereocenters. The number of nitrogens with zero attached hydrogens (tertiary/aromatic N) is 2. The standard InChI is InChI=1S/C27H24N2O6/c1-32-24-14-19(15-25(33-2)26(24)34-3)23(30)17-35-27(31)22-16-21(18-10-6-4-7-11-18)28-29(22)20-12-8-5-9-13-20/h4-16H,17H2,1-3H3. The number of carbonyl (C=O) groups is 2. The Morgan fingerprint density at radius 1 is 0.800 bits per heavy atom. The van der Waals surface area contributed by atoms with E-state index in [-0.39, 0.29) is 11.3 Å². The zero-order valence-electron chi connectivity index (χ0n) is 19.6. The molecule has 8 heteroatoms. The van der Waals surface area contributed by atoms with Crippen molar-refractivity contribution in [3.05, 3.63) is 90.1 Å². The Balaban J connectivity index is 1.59. The van der Waals surface area contributed by atoms with Crippen LogP contribution in [0.4, 0.5) is 0 Å². The van der Waals surface area contributed by atoms with E-state index in [4.69, 9.17) is 18.9 Å². The van der Waals surface area contributed by atoms with E-state index in [1.165, 1.54) is 38.1 Å². The number of esters is 1. The first-order valence-electron chi connectivity index (χ1n) is 10.8. The average molecular weight is 472 g/mol. The minimum atomic E-state index is -0.677. The highest BCUT2D eigenvalue weighted by molar-refractivity contribution is 6.00. The summed E-state index contributed by atoms with van der Waals surface area (Å²) in [5.74, 6) is -0.0768. The molecule has 0 spiro atoms. The summed E-state index contributed by atoms with van der Waals surface area (Å²) in [4.78, 5) is 25.9. The van der Waals surface area contributed by atoms with E-state index in [9.17, 15) is 9.59 Å². The fourth-order valence-electron chi connectivity index (χ4n) is 3.57. The van der Waals surface area contributed by atoms with Crippen LogP contribution in [0.25, 0.3) is 16.9 Å². The monoisotopic (exact) mass is 472 g/mol. The van der Waals surface area contributed by atoms with Crippen molar-refractivity contribution in [1.29, 1.82) is 0 Å². The van der Waals surface area contributed by atoms with Gasteiger partial charge in [-0.15, -0.1) is 0 Å². The molecule has 0 radical (unpaired) electrons. The van der Waals surface area contributed by atoms with E-state index in [1.807, 2.05) is 60.7 Å². The lowest BCUT2D eigenvalue weighted by atomic mass is 10.1. The molecule has 1 aromatic heterocycles. The van der Waals surface area contributed by atoms with Gasteiger partial charge in [0, 0.05) is 11.1 Å². The Kier molecular flexibility index (Phi) is 7.11. The minimum Gasteiger partial charge on any atom is -0.493 e. The maximum absolute atomic E-state index is 13.1. The summed E-state index contributed by atoms with van der Waals surface area (Å²) in [5.41, 5.74) is 2.61. The Morgan fingerprint density at radius 2 is 1.40 bits per heavy atom. The third-order valence-corrected chi connectivity index (χ3v) is 5.31. The summed E-state index contributed by atoms with van der Waals surface area (Å²) >= 11 is 0. The zero-order chi connectivity index (χ0) is 24.8. The molecule has 3 aromatic carbocycles. The van der Waals surface area contributed by atoms with Gasteiger partial charge in [-0.1, -0.05) is 48.5 Å². The van der Waals surface area contributed by atoms with Gasteiger partial charge in [-0.05, 0) is 30.3 Å². The van der Waals surface area contributed by atoms with Gasteiger partial charge < -0.3 is 18.9 Å². The van der Waals surface area contributed by atoms with Crippen molar-refractivity contribution in [2.45, 2.75) is 0 Å². The molecule has 4 aromatic rings. The molecule has 0 bridgehead atoms. The van der Waals surface area contributed by atoms with Gasteiger partial charge in [0.1, 0.15) is 0 Å². The number of methoxy groups -OCH3 is 3. The number of benzene rings is 3. The third-order valence-electron chi connectivity index (χ3n) is 5.31. The molecule has 0 saturated carbocycles. The molecule has 35 heavy (non-hydrogen) atoms. The molecule has 0 fully saturated rings. The summed E-state index contributed by atoms with van der Waals surface area (Å²) in [7, 11) is 4.39. The van der Waals surface area contributed by atoms with Crippen LogP contribution in [-0.4, -0.2) is 49.5 Å². The smallest absolute Gasteiger partial charge is 0.357 e. The topological polar surface area (TPSA) is 88.9 Å². The van der Waals surface area contributed by atoms with Crippen molar-refractivity contribution >= 4 is 11.8 Å². The lowest BCUT2D eigenvalue weighted by Gasteiger charge is -2.13. The summed E-state index contributed by atoms with van der Waals surface area (Å²) in [6.45, 7) is -0.474. The van der Waals surface area contributed by atoms with Gasteiger partial charge in [0.2, 0.25) is 11.5 Å². The van der Waals surface area contributed by atoms with E-state index in [1.54, 1.807) is 6.07 Å². The molecular formula is C27H24N2O6. The van der Waals surface area contributed by atoms with Gasteiger partial charge in [-0.3, -0.25) is 4.79 Å². The van der Waals surface area contributed by atoms with E-state index in [0.29, 0.717) is 28.6 Å². The maximum atomic E-state index is 13.1. The largest absolute Gasteiger partial charge is 0.493 e. The number of rotatable bonds is 9. The number of carbonyl (C=O) groups excluding carboxylic acids is 2. The van der Waals surface area contributed by atoms with E-state index >= 15 is 0 Å². The molecule has 8 nitrogen and oxygen atoms in total. The number of ketones is 1. The second kappa shape index (κ2) is 10.6. The SMILES string of the molecule is COc1cc(C(=O)COC(=O)c2cc(-c3ccccc3)nn2-c2ccccc2)cc(OC)c1OC. The average Bonchev–Trinajstić information content (AvgIpc) is 3.37. The fraction of sp³-hybridized carbons (Fsp3) is 0.148. The molecule has 0 aliphatic heterocycles. The van der Waals surface area contributed by atoms with E-state index in [0.717, 1.165) is 5.56 Å². The highest BCUT2D eigenvalue weighted by Crippen LogP contribution is 2.38. The summed E-state index contributed by atoms with van der Waals surface area (Å²) in [5, 5.41) is 4.61. The van der Waals surface area contributed by atoms with Gasteiger partial charge in [0.05, 0.1) is 32.7 Å². The number of ether oxygens (including phenoxy) is 4. The number of Topliss-reactive ketones (excluding diaryl/α,β-unsaturated/α-hetero) is 1. The molecule has 0 atom stereocenters. The van der Waals surface area contributed by atoms with Crippen LogP contribution in [0.3, 0.4) is 0 Å². The van der Waals surface area contributed by atoms with Crippen molar-refractivity contribution in [1.82, 2.24) is 9.78 Å². The summed E-state index contributed by atoms with van der Waals surface area (Å²) in [6.07, 6.45) is 0. The normalized spacial score (nSPS) is 10.5. The van der Waals surface area contributed by atoms with Gasteiger partial charge in [0.25, 0.3) is 0 Å². The fourth-order valence-corrected chi connectivity index (χ4v) is 3.57. The van der Waals surface area contributed by atoms with Crippen molar-refractivity contribution in [3.63, 3.8) is 0 Å².